The van der Waals surface area contributed by atoms with Crippen molar-refractivity contribution in [2.24, 2.45) is 0 Å². The van der Waals surface area contributed by atoms with Gasteiger partial charge in [0.1, 0.15) is 0 Å². The Balaban J connectivity index is 0.000000980. The number of hydrogen-bond donors (Lipinski definition) is 1. The molecular formula is C10H7N2O2. The molecule has 1 aliphatic rings. The van der Waals surface area contributed by atoms with Crippen LogP contribution in [-0.2, 0) is 9.59 Å². The third-order valence-electron chi connectivity index (χ3n) is 1.84. The van der Waals surface area contributed by atoms with Crippen molar-refractivity contribution in [3.8, 4) is 0 Å². The van der Waals surface area contributed by atoms with Gasteiger partial charge in [-0.2, -0.15) is 0 Å². The predicted molar refractivity (Wildman–Crippen MR) is 49.7 cm³/mol. The normalized spacial score (nSPS) is 14.4. The Bertz CT molecular complexity index is 396. The molecule has 1 aliphatic heterocycles. The molecule has 1 N–H and O–H groups in total. The second kappa shape index (κ2) is 3.85. The van der Waals surface area contributed by atoms with Crippen LogP contribution in [0.3, 0.4) is 0 Å². The summed E-state index contributed by atoms with van der Waals surface area (Å²) in [4.78, 5) is 22.0. The first-order chi connectivity index (χ1) is 6.27. The van der Waals surface area contributed by atoms with Crippen LogP contribution in [-0.4, -0.2) is 11.8 Å². The Hall–Kier alpha value is -1.94. The molecule has 0 atom stereocenters. The zero-order chi connectivity index (χ0) is 9.26. The maximum Gasteiger partial charge on any atom is 0.258 e. The zero-order valence-corrected chi connectivity index (χ0v) is 7.23. The van der Waals surface area contributed by atoms with Gasteiger partial charge in [-0.1, -0.05) is 30.3 Å². The van der Waals surface area contributed by atoms with Crippen LogP contribution in [0, 0.1) is 0 Å². The molecule has 14 heavy (non-hydrogen) atoms. The molecule has 1 aromatic rings. The van der Waals surface area contributed by atoms with E-state index < -0.39 is 0 Å². The summed E-state index contributed by atoms with van der Waals surface area (Å²) in [5.41, 5.74) is 1.21. The molecule has 1 aromatic carbocycles. The van der Waals surface area contributed by atoms with E-state index in [0.29, 0.717) is 5.57 Å². The molecule has 0 saturated heterocycles. The van der Waals surface area contributed by atoms with Gasteiger partial charge >= 0.3 is 0 Å². The first-order valence-corrected chi connectivity index (χ1v) is 3.90. The van der Waals surface area contributed by atoms with E-state index in [1.165, 1.54) is 6.08 Å². The summed E-state index contributed by atoms with van der Waals surface area (Å²) in [6.07, 6.45) is 1.32. The molecule has 0 spiro atoms. The van der Waals surface area contributed by atoms with E-state index in [1.54, 1.807) is 12.1 Å². The van der Waals surface area contributed by atoms with Gasteiger partial charge in [0.2, 0.25) is 0 Å². The van der Waals surface area contributed by atoms with E-state index in [-0.39, 0.29) is 18.0 Å². The lowest BCUT2D eigenvalue weighted by Crippen LogP contribution is -2.21. The highest BCUT2D eigenvalue weighted by Gasteiger charge is 2.21. The average molecular weight is 187 g/mol. The van der Waals surface area contributed by atoms with Gasteiger partial charge in [-0.25, -0.2) is 0 Å². The summed E-state index contributed by atoms with van der Waals surface area (Å²) in [5, 5.41) is 2.19. The van der Waals surface area contributed by atoms with Crippen molar-refractivity contribution in [1.82, 2.24) is 11.5 Å². The van der Waals surface area contributed by atoms with Crippen LogP contribution in [0.25, 0.3) is 5.57 Å². The van der Waals surface area contributed by atoms with Crippen LogP contribution in [0.4, 0.5) is 0 Å². The number of nitrogens with zero attached hydrogens (tertiary/aromatic N) is 1. The van der Waals surface area contributed by atoms with Gasteiger partial charge in [-0.05, 0) is 5.56 Å². The van der Waals surface area contributed by atoms with Crippen molar-refractivity contribution in [3.05, 3.63) is 42.0 Å². The van der Waals surface area contributed by atoms with Gasteiger partial charge in [-0.15, -0.1) is 0 Å². The van der Waals surface area contributed by atoms with Crippen molar-refractivity contribution < 1.29 is 9.59 Å². The van der Waals surface area contributed by atoms with Crippen molar-refractivity contribution in [1.29, 1.82) is 0 Å². The molecule has 3 radical (unpaired) electrons. The minimum Gasteiger partial charge on any atom is -0.289 e. The molecule has 0 aromatic heterocycles. The third-order valence-corrected chi connectivity index (χ3v) is 1.84. The minimum atomic E-state index is -0.344. The molecule has 2 amide bonds. The fourth-order valence-corrected chi connectivity index (χ4v) is 1.24. The largest absolute Gasteiger partial charge is 0.289 e. The fourth-order valence-electron chi connectivity index (χ4n) is 1.24. The van der Waals surface area contributed by atoms with Crippen LogP contribution in [0.5, 0.6) is 0 Å². The number of carbonyl (C=O) groups is 2. The molecule has 0 bridgehead atoms. The smallest absolute Gasteiger partial charge is 0.258 e. The maximum absolute atomic E-state index is 11.2. The van der Waals surface area contributed by atoms with Crippen molar-refractivity contribution >= 4 is 17.4 Å². The number of amides is 2. The van der Waals surface area contributed by atoms with Crippen LogP contribution in [0.1, 0.15) is 5.56 Å². The summed E-state index contributed by atoms with van der Waals surface area (Å²) in [6.45, 7) is 0. The quantitative estimate of drug-likeness (QED) is 0.639. The van der Waals surface area contributed by atoms with Gasteiger partial charge in [-0.3, -0.25) is 14.9 Å². The molecule has 0 unspecified atom stereocenters. The van der Waals surface area contributed by atoms with Crippen LogP contribution >= 0.6 is 0 Å². The molecule has 0 saturated carbocycles. The highest BCUT2D eigenvalue weighted by Crippen LogP contribution is 2.16. The Morgan fingerprint density at radius 3 is 2.14 bits per heavy atom. The van der Waals surface area contributed by atoms with Gasteiger partial charge in [0.25, 0.3) is 11.8 Å². The standard InChI is InChI=1S/C10H7NO2.N/c12-9-6-8(10(13)11-9)7-4-2-1-3-5-7;/h1-6H,(H,11,12,13);. The van der Waals surface area contributed by atoms with Crippen molar-refractivity contribution in [3.63, 3.8) is 0 Å². The number of carbonyl (C=O) groups excluding carboxylic acids is 2. The van der Waals surface area contributed by atoms with Crippen LogP contribution in [0.2, 0.25) is 0 Å². The van der Waals surface area contributed by atoms with Gasteiger partial charge in [0.05, 0.1) is 5.57 Å². The summed E-state index contributed by atoms with van der Waals surface area (Å²) >= 11 is 0. The number of rotatable bonds is 1. The highest BCUT2D eigenvalue weighted by atomic mass is 16.2. The zero-order valence-electron chi connectivity index (χ0n) is 7.23. The fraction of sp³-hybridized carbons (Fsp3) is 0. The van der Waals surface area contributed by atoms with E-state index in [9.17, 15) is 9.59 Å². The molecule has 4 nitrogen and oxygen atoms in total. The van der Waals surface area contributed by atoms with Gasteiger partial charge in [0, 0.05) is 12.2 Å². The van der Waals surface area contributed by atoms with Crippen LogP contribution < -0.4 is 11.5 Å². The van der Waals surface area contributed by atoms with Gasteiger partial charge in [0.15, 0.2) is 0 Å². The Morgan fingerprint density at radius 2 is 1.64 bits per heavy atom. The molecule has 2 rings (SSSR count). The summed E-state index contributed by atoms with van der Waals surface area (Å²) in [7, 11) is 0. The SMILES string of the molecule is O=C1C=C(c2ccccc2)C(=O)N1.[N]. The van der Waals surface area contributed by atoms with E-state index >= 15 is 0 Å². The number of benzene rings is 1. The summed E-state index contributed by atoms with van der Waals surface area (Å²) in [5.74, 6) is -0.667. The first kappa shape index (κ1) is 10.1. The number of nitrogens with one attached hydrogen (secondary N) is 1. The summed E-state index contributed by atoms with van der Waals surface area (Å²) < 4.78 is 0. The average Bonchev–Trinajstić information content (AvgIpc) is 2.47. The molecular weight excluding hydrogens is 180 g/mol. The van der Waals surface area contributed by atoms with E-state index in [4.69, 9.17) is 0 Å². The predicted octanol–water partition coefficient (Wildman–Crippen LogP) is 0.246. The monoisotopic (exact) mass is 187 g/mol. The second-order valence-electron chi connectivity index (χ2n) is 2.74. The highest BCUT2D eigenvalue weighted by molar-refractivity contribution is 6.33. The Morgan fingerprint density at radius 1 is 1.00 bits per heavy atom. The third kappa shape index (κ3) is 1.70. The van der Waals surface area contributed by atoms with Gasteiger partial charge < -0.3 is 0 Å². The molecule has 69 valence electrons. The Labute approximate surface area is 81.2 Å². The van der Waals surface area contributed by atoms with Crippen molar-refractivity contribution in [2.45, 2.75) is 0 Å². The van der Waals surface area contributed by atoms with Crippen LogP contribution in [0.15, 0.2) is 36.4 Å². The molecule has 4 heteroatoms. The van der Waals surface area contributed by atoms with E-state index in [2.05, 4.69) is 5.32 Å². The number of imide groups is 1. The lowest BCUT2D eigenvalue weighted by atomic mass is 10.1. The molecule has 0 aliphatic carbocycles. The first-order valence-electron chi connectivity index (χ1n) is 3.90. The minimum absolute atomic E-state index is 0. The molecule has 0 fully saturated rings. The topological polar surface area (TPSA) is 76.7 Å². The lowest BCUT2D eigenvalue weighted by molar-refractivity contribution is -0.123. The van der Waals surface area contributed by atoms with E-state index in [0.717, 1.165) is 5.56 Å². The molecule has 1 heterocycles. The lowest BCUT2D eigenvalue weighted by Gasteiger charge is -1.97. The number of hydrogen-bond acceptors (Lipinski definition) is 2. The van der Waals surface area contributed by atoms with Crippen molar-refractivity contribution in [2.75, 3.05) is 0 Å². The summed E-state index contributed by atoms with van der Waals surface area (Å²) in [6, 6.07) is 9.10. The maximum atomic E-state index is 11.2. The Kier molecular flexibility index (Phi) is 2.79. The van der Waals surface area contributed by atoms with E-state index in [1.807, 2.05) is 18.2 Å². The second-order valence-corrected chi connectivity index (χ2v) is 2.74.